The maximum Gasteiger partial charge on any atom is 0.226 e. The monoisotopic (exact) mass is 378 g/mol. The number of hydrogen-bond acceptors (Lipinski definition) is 5. The molecule has 0 spiro atoms. The van der Waals surface area contributed by atoms with Crippen LogP contribution in [0.15, 0.2) is 66.4 Å². The van der Waals surface area contributed by atoms with Crippen LogP contribution in [0.3, 0.4) is 0 Å². The Hall–Kier alpha value is -3.19. The zero-order chi connectivity index (χ0) is 18.5. The molecule has 3 aromatic heterocycles. The Labute approximate surface area is 160 Å². The highest BCUT2D eigenvalue weighted by Crippen LogP contribution is 2.13. The quantitative estimate of drug-likeness (QED) is 0.536. The van der Waals surface area contributed by atoms with Crippen LogP contribution in [-0.2, 0) is 24.4 Å². The van der Waals surface area contributed by atoms with Crippen LogP contribution < -0.4 is 10.1 Å². The van der Waals surface area contributed by atoms with Gasteiger partial charge in [-0.1, -0.05) is 30.3 Å². The van der Waals surface area contributed by atoms with E-state index in [9.17, 15) is 4.79 Å². The van der Waals surface area contributed by atoms with Gasteiger partial charge in [-0.05, 0) is 17.2 Å². The fourth-order valence-corrected chi connectivity index (χ4v) is 3.38. The Morgan fingerprint density at radius 3 is 2.93 bits per heavy atom. The molecule has 0 radical (unpaired) electrons. The van der Waals surface area contributed by atoms with Crippen LogP contribution in [0.25, 0.3) is 4.96 Å². The number of carbonyl (C=O) groups excluding carboxylic acids is 1. The lowest BCUT2D eigenvalue weighted by molar-refractivity contribution is -0.120. The number of pyridine rings is 1. The Kier molecular flexibility index (Phi) is 5.11. The second-order valence-corrected chi connectivity index (χ2v) is 6.93. The van der Waals surface area contributed by atoms with Gasteiger partial charge >= 0.3 is 0 Å². The van der Waals surface area contributed by atoms with Gasteiger partial charge in [-0.25, -0.2) is 9.97 Å². The molecule has 0 bridgehead atoms. The summed E-state index contributed by atoms with van der Waals surface area (Å²) in [5.74, 6) is 0.476. The average molecular weight is 378 g/mol. The molecular formula is C20H18N4O2S. The number of nitrogens with one attached hydrogen (secondary N) is 1. The zero-order valence-corrected chi connectivity index (χ0v) is 15.4. The van der Waals surface area contributed by atoms with Crippen LogP contribution in [-0.4, -0.2) is 20.3 Å². The second kappa shape index (κ2) is 8.01. The number of benzene rings is 1. The number of hydrogen-bond donors (Lipinski definition) is 1. The predicted octanol–water partition coefficient (Wildman–Crippen LogP) is 3.23. The van der Waals surface area contributed by atoms with Crippen molar-refractivity contribution in [1.29, 1.82) is 0 Å². The molecule has 4 aromatic rings. The molecule has 0 atom stereocenters. The number of thiazole rings is 1. The van der Waals surface area contributed by atoms with Crippen molar-refractivity contribution >= 4 is 22.2 Å². The van der Waals surface area contributed by atoms with Gasteiger partial charge in [-0.15, -0.1) is 11.3 Å². The molecule has 3 heterocycles. The number of nitrogens with zero attached hydrogens (tertiary/aromatic N) is 3. The number of amides is 1. The molecule has 1 N–H and O–H groups in total. The van der Waals surface area contributed by atoms with Gasteiger partial charge in [-0.3, -0.25) is 9.20 Å². The van der Waals surface area contributed by atoms with Crippen molar-refractivity contribution in [1.82, 2.24) is 19.7 Å². The largest absolute Gasteiger partial charge is 0.473 e. The summed E-state index contributed by atoms with van der Waals surface area (Å²) in [7, 11) is 0. The lowest BCUT2D eigenvalue weighted by Crippen LogP contribution is -2.24. The van der Waals surface area contributed by atoms with E-state index in [1.807, 2.05) is 64.6 Å². The van der Waals surface area contributed by atoms with E-state index in [0.717, 1.165) is 21.8 Å². The first-order chi connectivity index (χ1) is 13.3. The minimum Gasteiger partial charge on any atom is -0.473 e. The first-order valence-electron chi connectivity index (χ1n) is 8.56. The first-order valence-corrected chi connectivity index (χ1v) is 9.44. The molecule has 0 saturated carbocycles. The Bertz CT molecular complexity index is 1010. The number of aromatic nitrogens is 3. The van der Waals surface area contributed by atoms with Gasteiger partial charge < -0.3 is 10.1 Å². The minimum absolute atomic E-state index is 0.0654. The molecule has 1 aromatic carbocycles. The number of fused-ring (bicyclic) bond motifs is 1. The highest BCUT2D eigenvalue weighted by atomic mass is 32.1. The van der Waals surface area contributed by atoms with E-state index in [4.69, 9.17) is 4.74 Å². The van der Waals surface area contributed by atoms with Crippen molar-refractivity contribution in [2.75, 3.05) is 0 Å². The third-order valence-corrected chi connectivity index (χ3v) is 4.77. The van der Waals surface area contributed by atoms with Gasteiger partial charge in [0, 0.05) is 36.6 Å². The van der Waals surface area contributed by atoms with Crippen molar-refractivity contribution in [3.05, 3.63) is 83.3 Å². The molecule has 1 amide bonds. The van der Waals surface area contributed by atoms with Crippen LogP contribution in [0.2, 0.25) is 0 Å². The summed E-state index contributed by atoms with van der Waals surface area (Å²) < 4.78 is 7.65. The maximum atomic E-state index is 12.2. The molecule has 0 unspecified atom stereocenters. The number of carbonyl (C=O) groups is 1. The SMILES string of the molecule is O=C(Cc1cn2ccsc2n1)NCc1ccnc(OCc2ccccc2)c1. The first kappa shape index (κ1) is 17.2. The standard InChI is InChI=1S/C20H18N4O2S/c25-18(11-17-13-24-8-9-27-20(24)23-17)22-12-16-6-7-21-19(10-16)26-14-15-4-2-1-3-5-15/h1-10,13H,11-12,14H2,(H,22,25). The van der Waals surface area contributed by atoms with Crippen molar-refractivity contribution in [3.63, 3.8) is 0 Å². The van der Waals surface area contributed by atoms with E-state index in [1.165, 1.54) is 0 Å². The molecular weight excluding hydrogens is 360 g/mol. The number of imidazole rings is 1. The summed E-state index contributed by atoms with van der Waals surface area (Å²) in [6.45, 7) is 0.881. The highest BCUT2D eigenvalue weighted by molar-refractivity contribution is 7.15. The molecule has 136 valence electrons. The number of rotatable bonds is 7. The van der Waals surface area contributed by atoms with E-state index < -0.39 is 0 Å². The molecule has 0 saturated heterocycles. The molecule has 6 nitrogen and oxygen atoms in total. The van der Waals surface area contributed by atoms with Gasteiger partial charge in [0.2, 0.25) is 11.8 Å². The van der Waals surface area contributed by atoms with Gasteiger partial charge in [0.1, 0.15) is 6.61 Å². The molecule has 0 fully saturated rings. The van der Waals surface area contributed by atoms with Crippen molar-refractivity contribution in [2.45, 2.75) is 19.6 Å². The second-order valence-electron chi connectivity index (χ2n) is 6.06. The molecule has 7 heteroatoms. The van der Waals surface area contributed by atoms with Crippen LogP contribution in [0, 0.1) is 0 Å². The Balaban J connectivity index is 1.30. The normalized spacial score (nSPS) is 10.8. The maximum absolute atomic E-state index is 12.2. The molecule has 0 aliphatic rings. The van der Waals surface area contributed by atoms with E-state index >= 15 is 0 Å². The van der Waals surface area contributed by atoms with E-state index in [0.29, 0.717) is 19.0 Å². The minimum atomic E-state index is -0.0654. The summed E-state index contributed by atoms with van der Waals surface area (Å²) in [6.07, 6.45) is 5.76. The van der Waals surface area contributed by atoms with E-state index in [1.54, 1.807) is 17.5 Å². The topological polar surface area (TPSA) is 68.5 Å². The highest BCUT2D eigenvalue weighted by Gasteiger charge is 2.08. The fourth-order valence-electron chi connectivity index (χ4n) is 2.66. The molecule has 0 aliphatic carbocycles. The third-order valence-electron chi connectivity index (χ3n) is 4.00. The summed E-state index contributed by atoms with van der Waals surface area (Å²) in [5.41, 5.74) is 2.78. The van der Waals surface area contributed by atoms with Crippen LogP contribution in [0.5, 0.6) is 5.88 Å². The smallest absolute Gasteiger partial charge is 0.226 e. The third kappa shape index (κ3) is 4.51. The van der Waals surface area contributed by atoms with Crippen molar-refractivity contribution in [3.8, 4) is 5.88 Å². The van der Waals surface area contributed by atoms with Gasteiger partial charge in [0.05, 0.1) is 12.1 Å². The summed E-state index contributed by atoms with van der Waals surface area (Å²) >= 11 is 1.55. The van der Waals surface area contributed by atoms with Gasteiger partial charge in [0.15, 0.2) is 4.96 Å². The van der Waals surface area contributed by atoms with Gasteiger partial charge in [0.25, 0.3) is 0 Å². The lowest BCUT2D eigenvalue weighted by Gasteiger charge is -2.08. The molecule has 0 aliphatic heterocycles. The van der Waals surface area contributed by atoms with Gasteiger partial charge in [-0.2, -0.15) is 0 Å². The average Bonchev–Trinajstić information content (AvgIpc) is 3.28. The zero-order valence-electron chi connectivity index (χ0n) is 14.5. The van der Waals surface area contributed by atoms with Crippen molar-refractivity contribution in [2.24, 2.45) is 0 Å². The summed E-state index contributed by atoms with van der Waals surface area (Å²) in [5, 5.41) is 4.88. The van der Waals surface area contributed by atoms with E-state index in [2.05, 4.69) is 15.3 Å². The Morgan fingerprint density at radius 2 is 2.07 bits per heavy atom. The van der Waals surface area contributed by atoms with Crippen LogP contribution in [0.1, 0.15) is 16.8 Å². The fraction of sp³-hybridized carbons (Fsp3) is 0.150. The predicted molar refractivity (Wildman–Crippen MR) is 104 cm³/mol. The summed E-state index contributed by atoms with van der Waals surface area (Å²) in [4.78, 5) is 21.7. The van der Waals surface area contributed by atoms with Crippen molar-refractivity contribution < 1.29 is 9.53 Å². The lowest BCUT2D eigenvalue weighted by atomic mass is 10.2. The van der Waals surface area contributed by atoms with E-state index in [-0.39, 0.29) is 12.3 Å². The number of ether oxygens (including phenoxy) is 1. The summed E-state index contributed by atoms with van der Waals surface area (Å²) in [6, 6.07) is 13.6. The Morgan fingerprint density at radius 1 is 1.19 bits per heavy atom. The van der Waals surface area contributed by atoms with Crippen LogP contribution in [0.4, 0.5) is 0 Å². The molecule has 4 rings (SSSR count). The molecule has 27 heavy (non-hydrogen) atoms. The van der Waals surface area contributed by atoms with Crippen LogP contribution >= 0.6 is 11.3 Å².